The number of carbonyl (C=O) groups is 1. The minimum atomic E-state index is -0.258. The number of methoxy groups -OCH3 is 1. The molecule has 1 N–H and O–H groups in total. The van der Waals surface area contributed by atoms with Gasteiger partial charge in [0.2, 0.25) is 0 Å². The Labute approximate surface area is 147 Å². The Kier molecular flexibility index (Phi) is 5.62. The number of ether oxygens (including phenoxy) is 1. The summed E-state index contributed by atoms with van der Waals surface area (Å²) in [7, 11) is 1.56. The molecule has 24 heavy (non-hydrogen) atoms. The summed E-state index contributed by atoms with van der Waals surface area (Å²) in [6.07, 6.45) is 1.53. The molecule has 1 amide bonds. The summed E-state index contributed by atoms with van der Waals surface area (Å²) in [6, 6.07) is 12.8. The summed E-state index contributed by atoms with van der Waals surface area (Å²) in [5.74, 6) is 0.336. The lowest BCUT2D eigenvalue weighted by Crippen LogP contribution is -2.18. The van der Waals surface area contributed by atoms with E-state index in [0.717, 1.165) is 5.56 Å². The molecule has 0 fully saturated rings. The van der Waals surface area contributed by atoms with E-state index in [9.17, 15) is 4.79 Å². The normalized spacial score (nSPS) is 11.5. The van der Waals surface area contributed by atoms with E-state index in [1.807, 2.05) is 12.1 Å². The van der Waals surface area contributed by atoms with Gasteiger partial charge in [-0.3, -0.25) is 4.79 Å². The summed E-state index contributed by atoms with van der Waals surface area (Å²) in [6.45, 7) is 6.39. The highest BCUT2D eigenvalue weighted by atomic mass is 35.5. The number of rotatable bonds is 4. The molecular formula is C19H21ClN2O2. The van der Waals surface area contributed by atoms with Gasteiger partial charge >= 0.3 is 0 Å². The molecule has 0 bridgehead atoms. The molecule has 2 aromatic carbocycles. The minimum absolute atomic E-state index is 0.0563. The number of benzene rings is 2. The van der Waals surface area contributed by atoms with Gasteiger partial charge in [-0.05, 0) is 46.9 Å². The molecule has 0 atom stereocenters. The summed E-state index contributed by atoms with van der Waals surface area (Å²) >= 11 is 6.04. The number of carbonyl (C=O) groups excluding carboxylic acids is 1. The third-order valence-corrected chi connectivity index (χ3v) is 3.86. The van der Waals surface area contributed by atoms with Gasteiger partial charge in [-0.25, -0.2) is 5.43 Å². The van der Waals surface area contributed by atoms with Crippen molar-refractivity contribution in [2.75, 3.05) is 7.11 Å². The molecule has 0 saturated carbocycles. The predicted octanol–water partition coefficient (Wildman–Crippen LogP) is 4.41. The lowest BCUT2D eigenvalue weighted by molar-refractivity contribution is 0.0955. The summed E-state index contributed by atoms with van der Waals surface area (Å²) in [5, 5.41) is 4.45. The predicted molar refractivity (Wildman–Crippen MR) is 98.2 cm³/mol. The van der Waals surface area contributed by atoms with Crippen LogP contribution in [0.4, 0.5) is 0 Å². The zero-order valence-electron chi connectivity index (χ0n) is 14.3. The third kappa shape index (κ3) is 4.59. The Morgan fingerprint density at radius 3 is 2.38 bits per heavy atom. The fraction of sp³-hybridized carbons (Fsp3) is 0.263. The highest BCUT2D eigenvalue weighted by Gasteiger charge is 2.14. The second-order valence-electron chi connectivity index (χ2n) is 6.42. The van der Waals surface area contributed by atoms with Gasteiger partial charge in [0.05, 0.1) is 18.3 Å². The van der Waals surface area contributed by atoms with Crippen LogP contribution in [-0.2, 0) is 5.41 Å². The number of hydrazone groups is 1. The number of nitrogens with zero attached hydrogens (tertiary/aromatic N) is 1. The first-order chi connectivity index (χ1) is 11.3. The minimum Gasteiger partial charge on any atom is -0.495 e. The summed E-state index contributed by atoms with van der Waals surface area (Å²) in [4.78, 5) is 12.1. The zero-order valence-corrected chi connectivity index (χ0v) is 15.0. The first kappa shape index (κ1) is 18.0. The van der Waals surface area contributed by atoms with Gasteiger partial charge < -0.3 is 4.74 Å². The van der Waals surface area contributed by atoms with E-state index in [4.69, 9.17) is 16.3 Å². The van der Waals surface area contributed by atoms with Crippen molar-refractivity contribution in [1.82, 2.24) is 5.43 Å². The molecule has 0 spiro atoms. The van der Waals surface area contributed by atoms with E-state index in [0.29, 0.717) is 16.3 Å². The standard InChI is InChI=1S/C19H21ClN2O2/c1-19(2,3)15-8-6-14(7-9-15)18(23)22-21-12-13-5-10-17(24-4)16(20)11-13/h5-12H,1-4H3,(H,22,23)/b21-12+. The van der Waals surface area contributed by atoms with Gasteiger partial charge in [-0.2, -0.15) is 5.10 Å². The highest BCUT2D eigenvalue weighted by molar-refractivity contribution is 6.32. The number of amides is 1. The van der Waals surface area contributed by atoms with E-state index in [1.165, 1.54) is 11.8 Å². The average molecular weight is 345 g/mol. The summed E-state index contributed by atoms with van der Waals surface area (Å²) < 4.78 is 5.09. The topological polar surface area (TPSA) is 50.7 Å². The van der Waals surface area contributed by atoms with E-state index in [2.05, 4.69) is 31.3 Å². The molecule has 0 heterocycles. The SMILES string of the molecule is COc1ccc(/C=N/NC(=O)c2ccc(C(C)(C)C)cc2)cc1Cl. The van der Waals surface area contributed by atoms with Crippen LogP contribution in [0.2, 0.25) is 5.02 Å². The zero-order chi connectivity index (χ0) is 17.7. The maximum absolute atomic E-state index is 12.1. The molecule has 0 aliphatic rings. The molecular weight excluding hydrogens is 324 g/mol. The van der Waals surface area contributed by atoms with Gasteiger partial charge in [-0.15, -0.1) is 0 Å². The molecule has 0 aromatic heterocycles. The Morgan fingerprint density at radius 1 is 1.17 bits per heavy atom. The van der Waals surface area contributed by atoms with Crippen LogP contribution in [0.3, 0.4) is 0 Å². The Hall–Kier alpha value is -2.33. The molecule has 0 aliphatic heterocycles. The lowest BCUT2D eigenvalue weighted by atomic mass is 9.87. The van der Waals surface area contributed by atoms with Crippen LogP contribution in [0, 0.1) is 0 Å². The molecule has 126 valence electrons. The second kappa shape index (κ2) is 7.49. The largest absolute Gasteiger partial charge is 0.495 e. The molecule has 0 radical (unpaired) electrons. The Balaban J connectivity index is 2.01. The van der Waals surface area contributed by atoms with Crippen molar-refractivity contribution in [2.24, 2.45) is 5.10 Å². The smallest absolute Gasteiger partial charge is 0.271 e. The number of hydrogen-bond acceptors (Lipinski definition) is 3. The third-order valence-electron chi connectivity index (χ3n) is 3.57. The molecule has 0 saturated heterocycles. The second-order valence-corrected chi connectivity index (χ2v) is 6.83. The van der Waals surface area contributed by atoms with Crippen molar-refractivity contribution in [2.45, 2.75) is 26.2 Å². The van der Waals surface area contributed by atoms with Crippen LogP contribution in [0.25, 0.3) is 0 Å². The van der Waals surface area contributed by atoms with Crippen molar-refractivity contribution in [1.29, 1.82) is 0 Å². The van der Waals surface area contributed by atoms with Crippen LogP contribution in [0.5, 0.6) is 5.75 Å². The van der Waals surface area contributed by atoms with Gasteiger partial charge in [0.15, 0.2) is 0 Å². The molecule has 2 aromatic rings. The fourth-order valence-electron chi connectivity index (χ4n) is 2.11. The monoisotopic (exact) mass is 344 g/mol. The maximum atomic E-state index is 12.1. The van der Waals surface area contributed by atoms with Crippen molar-refractivity contribution < 1.29 is 9.53 Å². The van der Waals surface area contributed by atoms with Gasteiger partial charge in [0.25, 0.3) is 5.91 Å². The Morgan fingerprint density at radius 2 is 1.83 bits per heavy atom. The van der Waals surface area contributed by atoms with Crippen LogP contribution >= 0.6 is 11.6 Å². The van der Waals surface area contributed by atoms with Crippen LogP contribution in [0.1, 0.15) is 42.3 Å². The van der Waals surface area contributed by atoms with E-state index in [-0.39, 0.29) is 11.3 Å². The van der Waals surface area contributed by atoms with Crippen molar-refractivity contribution in [3.8, 4) is 5.75 Å². The van der Waals surface area contributed by atoms with Crippen LogP contribution < -0.4 is 10.2 Å². The number of halogens is 1. The molecule has 0 unspecified atom stereocenters. The highest BCUT2D eigenvalue weighted by Crippen LogP contribution is 2.24. The van der Waals surface area contributed by atoms with Crippen molar-refractivity contribution >= 4 is 23.7 Å². The van der Waals surface area contributed by atoms with Gasteiger partial charge in [0, 0.05) is 5.56 Å². The van der Waals surface area contributed by atoms with Crippen LogP contribution in [0.15, 0.2) is 47.6 Å². The Bertz CT molecular complexity index is 747. The van der Waals surface area contributed by atoms with E-state index < -0.39 is 0 Å². The quantitative estimate of drug-likeness (QED) is 0.659. The van der Waals surface area contributed by atoms with Gasteiger partial charge in [-0.1, -0.05) is 44.5 Å². The maximum Gasteiger partial charge on any atom is 0.271 e. The molecule has 4 nitrogen and oxygen atoms in total. The molecule has 5 heteroatoms. The number of nitrogens with one attached hydrogen (secondary N) is 1. The van der Waals surface area contributed by atoms with Gasteiger partial charge in [0.1, 0.15) is 5.75 Å². The lowest BCUT2D eigenvalue weighted by Gasteiger charge is -2.18. The van der Waals surface area contributed by atoms with Crippen LogP contribution in [-0.4, -0.2) is 19.2 Å². The molecule has 2 rings (SSSR count). The van der Waals surface area contributed by atoms with E-state index in [1.54, 1.807) is 37.4 Å². The van der Waals surface area contributed by atoms with Crippen molar-refractivity contribution in [3.63, 3.8) is 0 Å². The first-order valence-corrected chi connectivity index (χ1v) is 7.96. The number of hydrogen-bond donors (Lipinski definition) is 1. The average Bonchev–Trinajstić information content (AvgIpc) is 2.54. The fourth-order valence-corrected chi connectivity index (χ4v) is 2.38. The summed E-state index contributed by atoms with van der Waals surface area (Å²) in [5.41, 5.74) is 5.07. The first-order valence-electron chi connectivity index (χ1n) is 7.59. The van der Waals surface area contributed by atoms with Crippen molar-refractivity contribution in [3.05, 3.63) is 64.2 Å². The molecule has 0 aliphatic carbocycles. The van der Waals surface area contributed by atoms with E-state index >= 15 is 0 Å².